The van der Waals surface area contributed by atoms with Crippen LogP contribution in [0.4, 0.5) is 16.2 Å². The van der Waals surface area contributed by atoms with E-state index in [1.54, 1.807) is 43.4 Å². The second-order valence-electron chi connectivity index (χ2n) is 4.66. The molecule has 0 aromatic heterocycles. The standard InChI is InChI=1S/C17H19N3O3/c1-3-23-15-7-5-4-6-14(15)20-17(22)19-13-10-8-12(9-11-13)16(21)18-2/h4-11H,3H2,1-2H3,(H,18,21)(H2,19,20,22). The van der Waals surface area contributed by atoms with E-state index >= 15 is 0 Å². The summed E-state index contributed by atoms with van der Waals surface area (Å²) in [6.07, 6.45) is 0. The monoisotopic (exact) mass is 313 g/mol. The second-order valence-corrected chi connectivity index (χ2v) is 4.66. The largest absolute Gasteiger partial charge is 0.492 e. The Morgan fingerprint density at radius 2 is 1.70 bits per heavy atom. The Bertz CT molecular complexity index is 684. The number of benzene rings is 2. The van der Waals surface area contributed by atoms with Crippen LogP contribution in [0, 0.1) is 0 Å². The SMILES string of the molecule is CCOc1ccccc1NC(=O)Nc1ccc(C(=O)NC)cc1. The maximum Gasteiger partial charge on any atom is 0.323 e. The van der Waals surface area contributed by atoms with Crippen molar-refractivity contribution < 1.29 is 14.3 Å². The number of amides is 3. The molecule has 0 unspecified atom stereocenters. The van der Waals surface area contributed by atoms with Crippen molar-refractivity contribution in [2.75, 3.05) is 24.3 Å². The smallest absolute Gasteiger partial charge is 0.323 e. The molecule has 0 aliphatic carbocycles. The van der Waals surface area contributed by atoms with E-state index in [0.717, 1.165) is 0 Å². The molecule has 0 bridgehead atoms. The van der Waals surface area contributed by atoms with Gasteiger partial charge in [0.15, 0.2) is 0 Å². The predicted octanol–water partition coefficient (Wildman–Crippen LogP) is 3.09. The fourth-order valence-electron chi connectivity index (χ4n) is 1.99. The maximum atomic E-state index is 12.1. The quantitative estimate of drug-likeness (QED) is 0.793. The van der Waals surface area contributed by atoms with Gasteiger partial charge in [-0.1, -0.05) is 12.1 Å². The van der Waals surface area contributed by atoms with Gasteiger partial charge in [0.25, 0.3) is 5.91 Å². The van der Waals surface area contributed by atoms with Crippen molar-refractivity contribution in [2.45, 2.75) is 6.92 Å². The number of hydrogen-bond acceptors (Lipinski definition) is 3. The average Bonchev–Trinajstić information content (AvgIpc) is 2.57. The van der Waals surface area contributed by atoms with Gasteiger partial charge < -0.3 is 20.7 Å². The van der Waals surface area contributed by atoms with E-state index in [4.69, 9.17) is 4.74 Å². The Kier molecular flexibility index (Phi) is 5.57. The summed E-state index contributed by atoms with van der Waals surface area (Å²) in [4.78, 5) is 23.5. The third-order valence-corrected chi connectivity index (χ3v) is 3.07. The lowest BCUT2D eigenvalue weighted by Crippen LogP contribution is -2.20. The number of rotatable bonds is 5. The van der Waals surface area contributed by atoms with Crippen LogP contribution < -0.4 is 20.7 Å². The van der Waals surface area contributed by atoms with Crippen LogP contribution in [0.1, 0.15) is 17.3 Å². The van der Waals surface area contributed by atoms with Crippen molar-refractivity contribution in [1.82, 2.24) is 5.32 Å². The molecule has 3 amide bonds. The lowest BCUT2D eigenvalue weighted by molar-refractivity contribution is 0.0963. The molecule has 0 atom stereocenters. The highest BCUT2D eigenvalue weighted by Crippen LogP contribution is 2.23. The molecule has 0 spiro atoms. The minimum absolute atomic E-state index is 0.174. The first kappa shape index (κ1) is 16.4. The Balaban J connectivity index is 2.01. The topological polar surface area (TPSA) is 79.5 Å². The van der Waals surface area contributed by atoms with E-state index in [9.17, 15) is 9.59 Å². The van der Waals surface area contributed by atoms with Gasteiger partial charge in [-0.15, -0.1) is 0 Å². The number of urea groups is 1. The van der Waals surface area contributed by atoms with Crippen LogP contribution in [0.3, 0.4) is 0 Å². The Morgan fingerprint density at radius 1 is 1.00 bits per heavy atom. The molecule has 0 aliphatic rings. The zero-order valence-corrected chi connectivity index (χ0v) is 13.1. The molecule has 0 heterocycles. The van der Waals surface area contributed by atoms with E-state index in [-0.39, 0.29) is 11.9 Å². The van der Waals surface area contributed by atoms with Gasteiger partial charge in [-0.2, -0.15) is 0 Å². The molecule has 120 valence electrons. The van der Waals surface area contributed by atoms with Crippen LogP contribution >= 0.6 is 0 Å². The summed E-state index contributed by atoms with van der Waals surface area (Å²) in [6, 6.07) is 13.4. The first-order valence-electron chi connectivity index (χ1n) is 7.26. The van der Waals surface area contributed by atoms with E-state index in [2.05, 4.69) is 16.0 Å². The van der Waals surface area contributed by atoms with Crippen molar-refractivity contribution in [3.8, 4) is 5.75 Å². The second kappa shape index (κ2) is 7.84. The Morgan fingerprint density at radius 3 is 2.35 bits per heavy atom. The van der Waals surface area contributed by atoms with E-state index in [1.165, 1.54) is 0 Å². The number of carbonyl (C=O) groups is 2. The Hall–Kier alpha value is -3.02. The molecule has 0 saturated heterocycles. The van der Waals surface area contributed by atoms with Gasteiger partial charge in [0.1, 0.15) is 5.75 Å². The van der Waals surface area contributed by atoms with Gasteiger partial charge in [0.2, 0.25) is 0 Å². The van der Waals surface area contributed by atoms with E-state index in [0.29, 0.717) is 29.3 Å². The summed E-state index contributed by atoms with van der Waals surface area (Å²) in [5, 5.41) is 7.98. The van der Waals surface area contributed by atoms with Gasteiger partial charge in [-0.05, 0) is 43.3 Å². The van der Waals surface area contributed by atoms with Gasteiger partial charge in [-0.3, -0.25) is 4.79 Å². The first-order valence-corrected chi connectivity index (χ1v) is 7.26. The molecule has 0 aliphatic heterocycles. The molecule has 0 fully saturated rings. The van der Waals surface area contributed by atoms with Gasteiger partial charge in [0, 0.05) is 18.3 Å². The Labute approximate surface area is 134 Å². The van der Waals surface area contributed by atoms with E-state index < -0.39 is 0 Å². The summed E-state index contributed by atoms with van der Waals surface area (Å²) < 4.78 is 5.46. The van der Waals surface area contributed by atoms with Crippen LogP contribution in [-0.2, 0) is 0 Å². The zero-order valence-electron chi connectivity index (χ0n) is 13.1. The minimum Gasteiger partial charge on any atom is -0.492 e. The highest BCUT2D eigenvalue weighted by molar-refractivity contribution is 6.01. The van der Waals surface area contributed by atoms with Crippen LogP contribution in [0.25, 0.3) is 0 Å². The highest BCUT2D eigenvalue weighted by Gasteiger charge is 2.08. The number of carbonyl (C=O) groups excluding carboxylic acids is 2. The van der Waals surface area contributed by atoms with Gasteiger partial charge >= 0.3 is 6.03 Å². The van der Waals surface area contributed by atoms with E-state index in [1.807, 2.05) is 19.1 Å². The fraction of sp³-hybridized carbons (Fsp3) is 0.176. The average molecular weight is 313 g/mol. The number of nitrogens with one attached hydrogen (secondary N) is 3. The number of ether oxygens (including phenoxy) is 1. The molecule has 3 N–H and O–H groups in total. The molecule has 6 heteroatoms. The zero-order chi connectivity index (χ0) is 16.7. The normalized spacial score (nSPS) is 9.83. The molecule has 2 aromatic rings. The first-order chi connectivity index (χ1) is 11.1. The summed E-state index contributed by atoms with van der Waals surface area (Å²) in [6.45, 7) is 2.39. The van der Waals surface area contributed by atoms with Crippen LogP contribution in [0.15, 0.2) is 48.5 Å². The predicted molar refractivity (Wildman–Crippen MR) is 90.1 cm³/mol. The van der Waals surface area contributed by atoms with Crippen molar-refractivity contribution in [2.24, 2.45) is 0 Å². The van der Waals surface area contributed by atoms with Gasteiger partial charge in [0.05, 0.1) is 12.3 Å². The molecular formula is C17H19N3O3. The minimum atomic E-state index is -0.384. The fourth-order valence-corrected chi connectivity index (χ4v) is 1.99. The molecule has 2 aromatic carbocycles. The molecule has 6 nitrogen and oxygen atoms in total. The van der Waals surface area contributed by atoms with Crippen LogP contribution in [0.2, 0.25) is 0 Å². The summed E-state index contributed by atoms with van der Waals surface area (Å²) in [5.74, 6) is 0.437. The van der Waals surface area contributed by atoms with Crippen molar-refractivity contribution in [1.29, 1.82) is 0 Å². The van der Waals surface area contributed by atoms with Crippen LogP contribution in [-0.4, -0.2) is 25.6 Å². The molecule has 0 radical (unpaired) electrons. The lowest BCUT2D eigenvalue weighted by atomic mass is 10.2. The molecule has 0 saturated carbocycles. The van der Waals surface area contributed by atoms with Crippen molar-refractivity contribution >= 4 is 23.3 Å². The molecule has 23 heavy (non-hydrogen) atoms. The lowest BCUT2D eigenvalue weighted by Gasteiger charge is -2.12. The summed E-state index contributed by atoms with van der Waals surface area (Å²) in [7, 11) is 1.57. The third-order valence-electron chi connectivity index (χ3n) is 3.07. The summed E-state index contributed by atoms with van der Waals surface area (Å²) >= 11 is 0. The van der Waals surface area contributed by atoms with Crippen molar-refractivity contribution in [3.63, 3.8) is 0 Å². The maximum absolute atomic E-state index is 12.1. The molecular weight excluding hydrogens is 294 g/mol. The number of para-hydroxylation sites is 2. The van der Waals surface area contributed by atoms with Crippen molar-refractivity contribution in [3.05, 3.63) is 54.1 Å². The summed E-state index contributed by atoms with van der Waals surface area (Å²) in [5.41, 5.74) is 1.71. The molecule has 2 rings (SSSR count). The number of anilines is 2. The third kappa shape index (κ3) is 4.47. The highest BCUT2D eigenvalue weighted by atomic mass is 16.5. The van der Waals surface area contributed by atoms with Gasteiger partial charge in [-0.25, -0.2) is 4.79 Å². The van der Waals surface area contributed by atoms with Crippen LogP contribution in [0.5, 0.6) is 5.75 Å². The number of hydrogen-bond donors (Lipinski definition) is 3.